The van der Waals surface area contributed by atoms with Crippen LogP contribution in [-0.2, 0) is 6.42 Å². The lowest BCUT2D eigenvalue weighted by molar-refractivity contribution is 0.593. The van der Waals surface area contributed by atoms with E-state index >= 15 is 0 Å². The van der Waals surface area contributed by atoms with Crippen molar-refractivity contribution < 1.29 is 4.39 Å². The van der Waals surface area contributed by atoms with Crippen molar-refractivity contribution in [2.24, 2.45) is 0 Å². The SMILES string of the molecule is CCc1nnc(Cl)cc1F. The number of hydrogen-bond acceptors (Lipinski definition) is 2. The van der Waals surface area contributed by atoms with Crippen LogP contribution in [-0.4, -0.2) is 10.2 Å². The van der Waals surface area contributed by atoms with Gasteiger partial charge < -0.3 is 0 Å². The van der Waals surface area contributed by atoms with Crippen molar-refractivity contribution in [3.05, 3.63) is 22.7 Å². The lowest BCUT2D eigenvalue weighted by Gasteiger charge is -1.94. The molecular formula is C6H6ClFN2. The smallest absolute Gasteiger partial charge is 0.154 e. The van der Waals surface area contributed by atoms with Crippen molar-refractivity contribution in [1.82, 2.24) is 10.2 Å². The Morgan fingerprint density at radius 3 is 2.80 bits per heavy atom. The van der Waals surface area contributed by atoms with Crippen molar-refractivity contribution in [3.63, 3.8) is 0 Å². The molecule has 0 bridgehead atoms. The van der Waals surface area contributed by atoms with Crippen LogP contribution in [0, 0.1) is 5.82 Å². The molecule has 0 unspecified atom stereocenters. The van der Waals surface area contributed by atoms with Crippen LogP contribution in [0.4, 0.5) is 4.39 Å². The van der Waals surface area contributed by atoms with E-state index in [1.165, 1.54) is 0 Å². The summed E-state index contributed by atoms with van der Waals surface area (Å²) in [6, 6.07) is 1.16. The third-order valence-corrected chi connectivity index (χ3v) is 1.31. The van der Waals surface area contributed by atoms with Gasteiger partial charge in [0.1, 0.15) is 5.82 Å². The molecule has 1 aromatic rings. The molecule has 0 N–H and O–H groups in total. The molecular weight excluding hydrogens is 155 g/mol. The molecule has 2 nitrogen and oxygen atoms in total. The lowest BCUT2D eigenvalue weighted by Crippen LogP contribution is -1.95. The molecule has 1 aromatic heterocycles. The third-order valence-electron chi connectivity index (χ3n) is 1.12. The number of aromatic nitrogens is 2. The largest absolute Gasteiger partial charge is 0.205 e. The molecule has 4 heteroatoms. The highest BCUT2D eigenvalue weighted by Gasteiger charge is 2.01. The number of halogens is 2. The maximum absolute atomic E-state index is 12.7. The molecule has 0 saturated heterocycles. The molecule has 0 aromatic carbocycles. The molecule has 0 aliphatic heterocycles. The van der Waals surface area contributed by atoms with Gasteiger partial charge in [-0.05, 0) is 6.42 Å². The first-order valence-corrected chi connectivity index (χ1v) is 3.29. The second-order valence-electron chi connectivity index (χ2n) is 1.82. The predicted molar refractivity (Wildman–Crippen MR) is 36.4 cm³/mol. The fraction of sp³-hybridized carbons (Fsp3) is 0.333. The summed E-state index contributed by atoms with van der Waals surface area (Å²) < 4.78 is 12.7. The quantitative estimate of drug-likeness (QED) is 0.627. The summed E-state index contributed by atoms with van der Waals surface area (Å²) in [7, 11) is 0. The molecule has 0 fully saturated rings. The van der Waals surface area contributed by atoms with Crippen LogP contribution in [0.15, 0.2) is 6.07 Å². The first-order chi connectivity index (χ1) is 4.74. The number of aryl methyl sites for hydroxylation is 1. The molecule has 1 heterocycles. The summed E-state index contributed by atoms with van der Waals surface area (Å²) in [5.41, 5.74) is 0.351. The van der Waals surface area contributed by atoms with Crippen LogP contribution in [0.1, 0.15) is 12.6 Å². The minimum Gasteiger partial charge on any atom is -0.205 e. The molecule has 1 rings (SSSR count). The first-order valence-electron chi connectivity index (χ1n) is 2.91. The van der Waals surface area contributed by atoms with Gasteiger partial charge in [-0.1, -0.05) is 18.5 Å². The summed E-state index contributed by atoms with van der Waals surface area (Å²) in [5, 5.41) is 7.12. The molecule has 0 spiro atoms. The second-order valence-corrected chi connectivity index (χ2v) is 2.20. The average Bonchev–Trinajstić information content (AvgIpc) is 1.88. The fourth-order valence-corrected chi connectivity index (χ4v) is 0.746. The van der Waals surface area contributed by atoms with Crippen molar-refractivity contribution in [2.45, 2.75) is 13.3 Å². The highest BCUT2D eigenvalue weighted by Crippen LogP contribution is 2.08. The average molecular weight is 161 g/mol. The van der Waals surface area contributed by atoms with Crippen LogP contribution in [0.3, 0.4) is 0 Å². The van der Waals surface area contributed by atoms with Gasteiger partial charge in [-0.3, -0.25) is 0 Å². The van der Waals surface area contributed by atoms with Gasteiger partial charge in [0.2, 0.25) is 0 Å². The number of rotatable bonds is 1. The van der Waals surface area contributed by atoms with Crippen LogP contribution in [0.2, 0.25) is 5.15 Å². The highest BCUT2D eigenvalue weighted by molar-refractivity contribution is 6.29. The molecule has 0 saturated carbocycles. The molecule has 0 atom stereocenters. The van der Waals surface area contributed by atoms with Crippen LogP contribution in [0.25, 0.3) is 0 Å². The Morgan fingerprint density at radius 2 is 2.30 bits per heavy atom. The second kappa shape index (κ2) is 2.92. The van der Waals surface area contributed by atoms with Gasteiger partial charge in [0.25, 0.3) is 0 Å². The summed E-state index contributed by atoms with van der Waals surface area (Å²) in [6.45, 7) is 1.81. The Bertz CT molecular complexity index is 239. The van der Waals surface area contributed by atoms with E-state index in [4.69, 9.17) is 11.6 Å². The van der Waals surface area contributed by atoms with Gasteiger partial charge in [-0.2, -0.15) is 5.10 Å². The molecule has 0 aliphatic rings. The van der Waals surface area contributed by atoms with Crippen LogP contribution in [0.5, 0.6) is 0 Å². The number of hydrogen-bond donors (Lipinski definition) is 0. The van der Waals surface area contributed by atoms with Gasteiger partial charge in [0.15, 0.2) is 5.15 Å². The Kier molecular flexibility index (Phi) is 2.17. The Labute approximate surface area is 63.0 Å². The summed E-state index contributed by atoms with van der Waals surface area (Å²) >= 11 is 5.36. The minimum absolute atomic E-state index is 0.0923. The first kappa shape index (κ1) is 7.41. The van der Waals surface area contributed by atoms with Gasteiger partial charge in [0.05, 0.1) is 5.69 Å². The fourth-order valence-electron chi connectivity index (χ4n) is 0.612. The zero-order valence-electron chi connectivity index (χ0n) is 5.43. The predicted octanol–water partition coefficient (Wildman–Crippen LogP) is 1.83. The van der Waals surface area contributed by atoms with Crippen molar-refractivity contribution in [1.29, 1.82) is 0 Å². The summed E-state index contributed by atoms with van der Waals surface area (Å²) in [6.07, 6.45) is 0.538. The Morgan fingerprint density at radius 1 is 1.60 bits per heavy atom. The van der Waals surface area contributed by atoms with Crippen LogP contribution >= 0.6 is 11.6 Å². The topological polar surface area (TPSA) is 25.8 Å². The van der Waals surface area contributed by atoms with Gasteiger partial charge >= 0.3 is 0 Å². The monoisotopic (exact) mass is 160 g/mol. The molecule has 0 amide bonds. The van der Waals surface area contributed by atoms with Crippen molar-refractivity contribution >= 4 is 11.6 Å². The molecule has 54 valence electrons. The maximum atomic E-state index is 12.7. The Hall–Kier alpha value is -0.700. The molecule has 0 aliphatic carbocycles. The zero-order valence-corrected chi connectivity index (χ0v) is 6.19. The molecule has 0 radical (unpaired) electrons. The summed E-state index contributed by atoms with van der Waals surface area (Å²) in [4.78, 5) is 0. The summed E-state index contributed by atoms with van der Waals surface area (Å²) in [5.74, 6) is -0.387. The lowest BCUT2D eigenvalue weighted by atomic mass is 10.3. The van der Waals surface area contributed by atoms with E-state index in [-0.39, 0.29) is 11.0 Å². The van der Waals surface area contributed by atoms with E-state index in [0.29, 0.717) is 12.1 Å². The zero-order chi connectivity index (χ0) is 7.56. The minimum atomic E-state index is -0.387. The van der Waals surface area contributed by atoms with Crippen LogP contribution < -0.4 is 0 Å². The van der Waals surface area contributed by atoms with Gasteiger partial charge in [-0.15, -0.1) is 5.10 Å². The van der Waals surface area contributed by atoms with Gasteiger partial charge in [-0.25, -0.2) is 4.39 Å². The van der Waals surface area contributed by atoms with Crippen molar-refractivity contribution in [3.8, 4) is 0 Å². The molecule has 10 heavy (non-hydrogen) atoms. The Balaban J connectivity index is 3.07. The normalized spacial score (nSPS) is 9.90. The standard InChI is InChI=1S/C6H6ClFN2/c1-2-5-4(8)3-6(7)10-9-5/h3H,2H2,1H3. The van der Waals surface area contributed by atoms with E-state index in [1.54, 1.807) is 6.92 Å². The third kappa shape index (κ3) is 1.42. The van der Waals surface area contributed by atoms with E-state index in [2.05, 4.69) is 10.2 Å². The van der Waals surface area contributed by atoms with Crippen molar-refractivity contribution in [2.75, 3.05) is 0 Å². The van der Waals surface area contributed by atoms with E-state index in [0.717, 1.165) is 6.07 Å². The highest BCUT2D eigenvalue weighted by atomic mass is 35.5. The number of nitrogens with zero attached hydrogens (tertiary/aromatic N) is 2. The van der Waals surface area contributed by atoms with Gasteiger partial charge in [0, 0.05) is 6.07 Å². The van der Waals surface area contributed by atoms with E-state index in [9.17, 15) is 4.39 Å². The van der Waals surface area contributed by atoms with E-state index < -0.39 is 0 Å². The maximum Gasteiger partial charge on any atom is 0.154 e. The van der Waals surface area contributed by atoms with E-state index in [1.807, 2.05) is 0 Å².